The first kappa shape index (κ1) is 74.6. The van der Waals surface area contributed by atoms with Gasteiger partial charge < -0.3 is 72.9 Å². The fourth-order valence-corrected chi connectivity index (χ4v) is 13.7. The second-order valence-corrected chi connectivity index (χ2v) is 37.9. The maximum Gasteiger partial charge on any atom is 0.416 e. The second-order valence-electron chi connectivity index (χ2n) is 28.4. The van der Waals surface area contributed by atoms with E-state index in [0.29, 0.717) is 35.2 Å². The number of nitrogens with zero attached hydrogens (tertiary/aromatic N) is 4. The molecule has 0 aromatic heterocycles. The predicted molar refractivity (Wildman–Crippen MR) is 372 cm³/mol. The van der Waals surface area contributed by atoms with E-state index in [0.717, 1.165) is 16.0 Å². The molecule has 27 heteroatoms. The molecule has 98 heavy (non-hydrogen) atoms. The fourth-order valence-electron chi connectivity index (χ4n) is 11.3. The van der Waals surface area contributed by atoms with Crippen LogP contribution in [0.25, 0.3) is 0 Å². The number of benzene rings is 4. The summed E-state index contributed by atoms with van der Waals surface area (Å²) in [5.74, 6) is -2.56. The van der Waals surface area contributed by atoms with Crippen LogP contribution in [0.4, 0.5) is 31.4 Å². The van der Waals surface area contributed by atoms with E-state index < -0.39 is 101 Å². The van der Waals surface area contributed by atoms with Crippen LogP contribution in [0.1, 0.15) is 137 Å². The lowest BCUT2D eigenvalue weighted by Crippen LogP contribution is -2.57. The number of methoxy groups -OCH3 is 3. The number of nitrogens with one attached hydrogen (secondary N) is 3. The lowest BCUT2D eigenvalue weighted by atomic mass is 10.0. The lowest BCUT2D eigenvalue weighted by Gasteiger charge is -2.44. The molecule has 4 aromatic rings. The molecule has 528 valence electrons. The van der Waals surface area contributed by atoms with Crippen molar-refractivity contribution in [1.29, 1.82) is 0 Å². The van der Waals surface area contributed by atoms with Gasteiger partial charge in [0.05, 0.1) is 61.5 Å². The number of esters is 1. The molecule has 8 rings (SSSR count). The van der Waals surface area contributed by atoms with Crippen molar-refractivity contribution in [3.63, 3.8) is 0 Å². The Labute approximate surface area is 574 Å². The number of ether oxygens (including phenoxy) is 7. The summed E-state index contributed by atoms with van der Waals surface area (Å²) in [4.78, 5) is 116. The quantitative estimate of drug-likeness (QED) is 0.0232. The average Bonchev–Trinajstić information content (AvgIpc) is 1.61. The second kappa shape index (κ2) is 29.9. The smallest absolute Gasteiger partial charge is 0.416 e. The van der Waals surface area contributed by atoms with Gasteiger partial charge in [0.2, 0.25) is 11.8 Å². The number of carboxylic acid groups (broad SMARTS) is 1. The molecule has 0 bridgehead atoms. The molecule has 0 fully saturated rings. The van der Waals surface area contributed by atoms with Gasteiger partial charge in [-0.3, -0.25) is 19.2 Å². The highest BCUT2D eigenvalue weighted by Gasteiger charge is 2.53. The zero-order valence-electron chi connectivity index (χ0n) is 59.3. The van der Waals surface area contributed by atoms with Gasteiger partial charge >= 0.3 is 24.2 Å². The van der Waals surface area contributed by atoms with E-state index in [9.17, 15) is 33.9 Å². The third-order valence-electron chi connectivity index (χ3n) is 18.7. The van der Waals surface area contributed by atoms with Gasteiger partial charge in [0.25, 0.3) is 11.8 Å². The highest BCUT2D eigenvalue weighted by molar-refractivity contribution is 6.74. The average molecular weight is 1390 g/mol. The Bertz CT molecular complexity index is 3820. The number of anilines is 3. The topological polar surface area (TPSA) is 289 Å². The molecule has 0 saturated heterocycles. The third kappa shape index (κ3) is 16.3. The molecule has 6 atom stereocenters. The molecule has 4 aliphatic rings. The number of carbonyl (C=O) groups is 8. The van der Waals surface area contributed by atoms with Crippen LogP contribution in [0.5, 0.6) is 23.0 Å². The van der Waals surface area contributed by atoms with Crippen LogP contribution >= 0.6 is 0 Å². The van der Waals surface area contributed by atoms with E-state index in [1.807, 2.05) is 26.9 Å². The van der Waals surface area contributed by atoms with Gasteiger partial charge in [-0.05, 0) is 135 Å². The Balaban J connectivity index is 1.09. The monoisotopic (exact) mass is 1390 g/mol. The van der Waals surface area contributed by atoms with Gasteiger partial charge in [-0.2, -0.15) is 0 Å². The molecule has 4 N–H and O–H groups in total. The van der Waals surface area contributed by atoms with Crippen LogP contribution in [0.3, 0.4) is 0 Å². The van der Waals surface area contributed by atoms with Crippen molar-refractivity contribution in [3.8, 4) is 23.0 Å². The van der Waals surface area contributed by atoms with E-state index in [2.05, 4.69) is 77.2 Å². The van der Waals surface area contributed by atoms with Crippen molar-refractivity contribution >= 4 is 81.6 Å². The van der Waals surface area contributed by atoms with Crippen LogP contribution in [0.2, 0.25) is 36.3 Å². The zero-order chi connectivity index (χ0) is 72.3. The van der Waals surface area contributed by atoms with E-state index >= 15 is 9.59 Å². The number of alkyl carbamates (subject to hydrolysis) is 1. The summed E-state index contributed by atoms with van der Waals surface area (Å²) in [7, 11) is -1.45. The first-order valence-corrected chi connectivity index (χ1v) is 38.2. The Hall–Kier alpha value is -9.19. The van der Waals surface area contributed by atoms with Crippen LogP contribution in [-0.2, 0) is 52.5 Å². The molecular weight excluding hydrogens is 1290 g/mol. The third-order valence-corrected chi connectivity index (χ3v) is 27.6. The standard InChI is InChI=1S/C71H93N7O18Si2/c1-20-25-91-67(84)74-59(40(2)3)61(80)72-43(6)60(79)73-48-23-21-44(22-24-48)37-94-69(87)78-52-34-58(56(89-14)32-50(52)63(82)76-36-42(5)27-54(76)65(78)96-98(18,19)71(10,11)12)93-39-46-28-45(29-47(30-46)66(83)90-15)38-92-57-33-51-49(31-55(57)88-13)62(81)75-35-41(4)26-53(75)64(77(51)68(85)86)95-97(16,17)70(7,8)9/h20-24,28-36,40,43,53-54,59,64-65H,1,25-27,37-39H2,2-19H3,(H,72,80)(H,73,79)(H,74,84)(H,85,86)/t43-,53-,54-,59-,64-,65-/m0/s1. The maximum atomic E-state index is 15.3. The molecule has 0 radical (unpaired) electrons. The Morgan fingerprint density at radius 2 is 1.11 bits per heavy atom. The summed E-state index contributed by atoms with van der Waals surface area (Å²) >= 11 is 0. The minimum Gasteiger partial charge on any atom is -0.493 e. The summed E-state index contributed by atoms with van der Waals surface area (Å²) in [6, 6.07) is 14.0. The molecule has 4 heterocycles. The van der Waals surface area contributed by atoms with Crippen molar-refractivity contribution in [2.75, 3.05) is 43.1 Å². The van der Waals surface area contributed by atoms with E-state index in [1.54, 1.807) is 78.5 Å². The minimum atomic E-state index is -2.81. The highest BCUT2D eigenvalue weighted by Crippen LogP contribution is 2.48. The molecule has 0 spiro atoms. The Morgan fingerprint density at radius 3 is 1.55 bits per heavy atom. The summed E-state index contributed by atoms with van der Waals surface area (Å²) < 4.78 is 55.4. The molecular formula is C71H93N7O18Si2. The van der Waals surface area contributed by atoms with Gasteiger partial charge in [0, 0.05) is 30.2 Å². The van der Waals surface area contributed by atoms with Crippen LogP contribution < -0.4 is 44.7 Å². The summed E-state index contributed by atoms with van der Waals surface area (Å²) in [6.07, 6.45) is 0.468. The van der Waals surface area contributed by atoms with E-state index in [4.69, 9.17) is 42.0 Å². The minimum absolute atomic E-state index is 0.0395. The number of rotatable bonds is 23. The first-order valence-electron chi connectivity index (χ1n) is 32.4. The molecule has 0 unspecified atom stereocenters. The van der Waals surface area contributed by atoms with Gasteiger partial charge in [0.1, 0.15) is 38.5 Å². The summed E-state index contributed by atoms with van der Waals surface area (Å²) in [6.45, 7) is 32.1. The number of fused-ring (bicyclic) bond motifs is 4. The van der Waals surface area contributed by atoms with Crippen LogP contribution in [-0.4, -0.2) is 144 Å². The van der Waals surface area contributed by atoms with Crippen molar-refractivity contribution in [1.82, 2.24) is 20.4 Å². The maximum absolute atomic E-state index is 15.3. The summed E-state index contributed by atoms with van der Waals surface area (Å²) in [5.41, 5.74) is 3.98. The number of carbonyl (C=O) groups excluding carboxylic acids is 7. The van der Waals surface area contributed by atoms with Crippen molar-refractivity contribution in [2.45, 2.75) is 182 Å². The van der Waals surface area contributed by atoms with E-state index in [1.165, 1.54) is 63.5 Å². The van der Waals surface area contributed by atoms with Crippen molar-refractivity contribution in [3.05, 3.63) is 136 Å². The summed E-state index contributed by atoms with van der Waals surface area (Å²) in [5, 5.41) is 18.3. The van der Waals surface area contributed by atoms with Crippen LogP contribution in [0.15, 0.2) is 103 Å². The number of hydrogen-bond acceptors (Lipinski definition) is 17. The Kier molecular flexibility index (Phi) is 22.7. The van der Waals surface area contributed by atoms with E-state index in [-0.39, 0.29) is 93.5 Å². The van der Waals surface area contributed by atoms with Gasteiger partial charge in [-0.25, -0.2) is 29.0 Å². The number of hydrogen-bond donors (Lipinski definition) is 4. The van der Waals surface area contributed by atoms with Crippen molar-refractivity contribution < 1.29 is 85.5 Å². The van der Waals surface area contributed by atoms with Gasteiger partial charge in [-0.1, -0.05) is 91.3 Å². The van der Waals surface area contributed by atoms with Gasteiger partial charge in [0.15, 0.2) is 52.1 Å². The first-order chi connectivity index (χ1) is 45.9. The van der Waals surface area contributed by atoms with Crippen LogP contribution in [0, 0.1) is 5.92 Å². The molecule has 7 amide bonds. The lowest BCUT2D eigenvalue weighted by molar-refractivity contribution is -0.128. The highest BCUT2D eigenvalue weighted by atomic mass is 28.4. The molecule has 4 aliphatic heterocycles. The molecule has 4 aromatic carbocycles. The molecule has 0 saturated carbocycles. The zero-order valence-corrected chi connectivity index (χ0v) is 61.3. The SMILES string of the molecule is C=CCOC(=O)N[C@H](C(=O)N[C@@H](C)C(=O)Nc1ccc(COC(=O)N2c3cc(OCc4cc(COc5cc6c(cc5OC)C(=O)N5C=C(C)C[C@H]5[C@H](O[Si](C)(C)C(C)(C)C)N6C(=O)O)cc(C(=O)OC)c4)c(OC)cc3C(=O)N3C=C(C)C[C@H]3[C@@H]2O[Si](C)(C)C(C)(C)C)cc1)C(C)C. The van der Waals surface area contributed by atoms with Crippen molar-refractivity contribution in [2.24, 2.45) is 5.92 Å². The molecule has 0 aliphatic carbocycles. The van der Waals surface area contributed by atoms with Gasteiger partial charge in [-0.15, -0.1) is 0 Å². The normalized spacial score (nSPS) is 18.3. The Morgan fingerprint density at radius 1 is 0.633 bits per heavy atom. The fraction of sp³-hybridized carbons (Fsp3) is 0.465. The largest absolute Gasteiger partial charge is 0.493 e. The predicted octanol–water partition coefficient (Wildman–Crippen LogP) is 12.6. The molecule has 25 nitrogen and oxygen atoms in total. The number of amides is 7.